The highest BCUT2D eigenvalue weighted by Gasteiger charge is 2.27. The van der Waals surface area contributed by atoms with Crippen LogP contribution in [0.5, 0.6) is 0 Å². The smallest absolute Gasteiger partial charge is 0.273 e. The van der Waals surface area contributed by atoms with Gasteiger partial charge in [0.25, 0.3) is 5.91 Å². The van der Waals surface area contributed by atoms with Gasteiger partial charge in [0.05, 0.1) is 24.0 Å². The first kappa shape index (κ1) is 22.3. The van der Waals surface area contributed by atoms with Crippen molar-refractivity contribution in [2.24, 2.45) is 5.73 Å². The average molecular weight is 375 g/mol. The molecule has 134 valence electrons. The minimum Gasteiger partial charge on any atom is -0.344 e. The Hall–Kier alpha value is -1.70. The quantitative estimate of drug-likeness (QED) is 0.769. The summed E-state index contributed by atoms with van der Waals surface area (Å²) in [4.78, 5) is 16.5. The fourth-order valence-electron chi connectivity index (χ4n) is 2.21. The Morgan fingerprint density at radius 3 is 2.54 bits per heavy atom. The standard InChI is InChI=1S/C15H22N6O.2ClH/c1-3-15(4-2,11-16)18-14(22)13-10-21(20-19-13)9-12-7-5-6-8-17-12;;/h5-8,10H,3-4,9,11,16H2,1-2H3,(H,18,22);2*1H. The van der Waals surface area contributed by atoms with Crippen molar-refractivity contribution in [1.29, 1.82) is 0 Å². The first-order valence-electron chi connectivity index (χ1n) is 7.45. The van der Waals surface area contributed by atoms with Gasteiger partial charge in [-0.25, -0.2) is 4.68 Å². The topological polar surface area (TPSA) is 98.7 Å². The van der Waals surface area contributed by atoms with Gasteiger partial charge in [-0.2, -0.15) is 0 Å². The van der Waals surface area contributed by atoms with Crippen molar-refractivity contribution in [3.63, 3.8) is 0 Å². The molecule has 0 saturated heterocycles. The molecular formula is C15H24Cl2N6O. The molecule has 0 radical (unpaired) electrons. The van der Waals surface area contributed by atoms with Crippen LogP contribution in [0.3, 0.4) is 0 Å². The van der Waals surface area contributed by atoms with Crippen LogP contribution in [0.2, 0.25) is 0 Å². The van der Waals surface area contributed by atoms with Crippen molar-refractivity contribution in [2.75, 3.05) is 6.54 Å². The van der Waals surface area contributed by atoms with E-state index in [1.54, 1.807) is 17.1 Å². The van der Waals surface area contributed by atoms with E-state index in [1.165, 1.54) is 0 Å². The molecule has 0 fully saturated rings. The molecule has 24 heavy (non-hydrogen) atoms. The molecule has 0 atom stereocenters. The summed E-state index contributed by atoms with van der Waals surface area (Å²) >= 11 is 0. The molecular weight excluding hydrogens is 351 g/mol. The largest absolute Gasteiger partial charge is 0.344 e. The van der Waals surface area contributed by atoms with E-state index in [9.17, 15) is 4.79 Å². The maximum absolute atomic E-state index is 12.3. The van der Waals surface area contributed by atoms with E-state index in [0.717, 1.165) is 18.5 Å². The predicted octanol–water partition coefficient (Wildman–Crippen LogP) is 1.81. The van der Waals surface area contributed by atoms with Crippen LogP contribution in [0, 0.1) is 0 Å². The number of pyridine rings is 1. The highest BCUT2D eigenvalue weighted by Crippen LogP contribution is 2.14. The normalized spacial score (nSPS) is 10.5. The number of carbonyl (C=O) groups is 1. The minimum absolute atomic E-state index is 0. The maximum Gasteiger partial charge on any atom is 0.273 e. The van der Waals surface area contributed by atoms with Crippen LogP contribution >= 0.6 is 24.8 Å². The van der Waals surface area contributed by atoms with E-state index in [-0.39, 0.29) is 42.0 Å². The number of aromatic nitrogens is 4. The Balaban J connectivity index is 0.00000264. The van der Waals surface area contributed by atoms with Crippen molar-refractivity contribution in [3.8, 4) is 0 Å². The molecule has 2 aromatic rings. The lowest BCUT2D eigenvalue weighted by Crippen LogP contribution is -2.53. The number of amides is 1. The third kappa shape index (κ3) is 5.43. The van der Waals surface area contributed by atoms with Gasteiger partial charge in [0.15, 0.2) is 5.69 Å². The van der Waals surface area contributed by atoms with E-state index in [2.05, 4.69) is 20.6 Å². The lowest BCUT2D eigenvalue weighted by atomic mass is 9.93. The number of nitrogens with zero attached hydrogens (tertiary/aromatic N) is 4. The summed E-state index contributed by atoms with van der Waals surface area (Å²) in [7, 11) is 0. The zero-order valence-electron chi connectivity index (χ0n) is 13.8. The monoisotopic (exact) mass is 374 g/mol. The van der Waals surface area contributed by atoms with Gasteiger partial charge in [-0.3, -0.25) is 9.78 Å². The van der Waals surface area contributed by atoms with Crippen molar-refractivity contribution in [2.45, 2.75) is 38.8 Å². The summed E-state index contributed by atoms with van der Waals surface area (Å²) in [5.41, 5.74) is 6.56. The number of nitrogens with two attached hydrogens (primary N) is 1. The fourth-order valence-corrected chi connectivity index (χ4v) is 2.21. The van der Waals surface area contributed by atoms with Gasteiger partial charge in [0, 0.05) is 12.7 Å². The van der Waals surface area contributed by atoms with E-state index >= 15 is 0 Å². The molecule has 0 aliphatic rings. The molecule has 7 nitrogen and oxygen atoms in total. The van der Waals surface area contributed by atoms with Gasteiger partial charge in [0.1, 0.15) is 0 Å². The van der Waals surface area contributed by atoms with Gasteiger partial charge in [-0.05, 0) is 25.0 Å². The Bertz CT molecular complexity index is 607. The van der Waals surface area contributed by atoms with Gasteiger partial charge in [-0.1, -0.05) is 25.1 Å². The lowest BCUT2D eigenvalue weighted by Gasteiger charge is -2.30. The highest BCUT2D eigenvalue weighted by molar-refractivity contribution is 5.92. The molecule has 0 aliphatic heterocycles. The SMILES string of the molecule is CCC(CC)(CN)NC(=O)c1cn(Cc2ccccn2)nn1.Cl.Cl. The third-order valence-corrected chi connectivity index (χ3v) is 3.94. The summed E-state index contributed by atoms with van der Waals surface area (Å²) in [6.07, 6.45) is 4.89. The Morgan fingerprint density at radius 2 is 2.00 bits per heavy atom. The number of carbonyl (C=O) groups excluding carboxylic acids is 1. The first-order chi connectivity index (χ1) is 10.6. The van der Waals surface area contributed by atoms with Crippen molar-refractivity contribution in [1.82, 2.24) is 25.3 Å². The van der Waals surface area contributed by atoms with E-state index < -0.39 is 0 Å². The molecule has 2 rings (SSSR count). The van der Waals surface area contributed by atoms with E-state index in [0.29, 0.717) is 13.1 Å². The summed E-state index contributed by atoms with van der Waals surface area (Å²) in [5.74, 6) is -0.249. The summed E-state index contributed by atoms with van der Waals surface area (Å²) in [5, 5.41) is 10.9. The molecule has 0 unspecified atom stereocenters. The Morgan fingerprint density at radius 1 is 1.29 bits per heavy atom. The van der Waals surface area contributed by atoms with Crippen LogP contribution in [0.1, 0.15) is 42.9 Å². The van der Waals surface area contributed by atoms with E-state index in [1.807, 2.05) is 32.0 Å². The number of hydrogen-bond acceptors (Lipinski definition) is 5. The summed E-state index contributed by atoms with van der Waals surface area (Å²) in [6.45, 7) is 4.89. The molecule has 2 aromatic heterocycles. The van der Waals surface area contributed by atoms with Gasteiger partial charge in [0.2, 0.25) is 0 Å². The molecule has 0 saturated carbocycles. The summed E-state index contributed by atoms with van der Waals surface area (Å²) < 4.78 is 1.60. The van der Waals surface area contributed by atoms with Crippen molar-refractivity contribution >= 4 is 30.7 Å². The Labute approximate surface area is 154 Å². The molecule has 3 N–H and O–H groups in total. The number of halogens is 2. The molecule has 0 aliphatic carbocycles. The van der Waals surface area contributed by atoms with Crippen LogP contribution in [0.25, 0.3) is 0 Å². The van der Waals surface area contributed by atoms with Crippen LogP contribution in [0.15, 0.2) is 30.6 Å². The number of rotatable bonds is 7. The lowest BCUT2D eigenvalue weighted by molar-refractivity contribution is 0.0890. The predicted molar refractivity (Wildman–Crippen MR) is 97.7 cm³/mol. The van der Waals surface area contributed by atoms with Crippen molar-refractivity contribution < 1.29 is 4.79 Å². The second kappa shape index (κ2) is 10.2. The van der Waals surface area contributed by atoms with Crippen molar-refractivity contribution in [3.05, 3.63) is 42.0 Å². The zero-order valence-corrected chi connectivity index (χ0v) is 15.4. The van der Waals surface area contributed by atoms with Gasteiger partial charge >= 0.3 is 0 Å². The van der Waals surface area contributed by atoms with Crippen LogP contribution in [-0.2, 0) is 6.54 Å². The molecule has 0 spiro atoms. The van der Waals surface area contributed by atoms with Crippen LogP contribution in [0.4, 0.5) is 0 Å². The highest BCUT2D eigenvalue weighted by atomic mass is 35.5. The molecule has 1 amide bonds. The van der Waals surface area contributed by atoms with Crippen LogP contribution < -0.4 is 11.1 Å². The Kier molecular flexibility index (Phi) is 9.50. The van der Waals surface area contributed by atoms with Crippen LogP contribution in [-0.4, -0.2) is 38.0 Å². The average Bonchev–Trinajstić information content (AvgIpc) is 3.02. The molecule has 0 bridgehead atoms. The van der Waals surface area contributed by atoms with Gasteiger partial charge < -0.3 is 11.1 Å². The minimum atomic E-state index is -0.387. The first-order valence-corrected chi connectivity index (χ1v) is 7.45. The third-order valence-electron chi connectivity index (χ3n) is 3.94. The number of hydrogen-bond donors (Lipinski definition) is 2. The summed E-state index contributed by atoms with van der Waals surface area (Å²) in [6, 6.07) is 5.66. The fraction of sp³-hybridized carbons (Fsp3) is 0.467. The van der Waals surface area contributed by atoms with Gasteiger partial charge in [-0.15, -0.1) is 29.9 Å². The number of nitrogens with one attached hydrogen (secondary N) is 1. The second-order valence-electron chi connectivity index (χ2n) is 5.27. The maximum atomic E-state index is 12.3. The molecule has 9 heteroatoms. The second-order valence-corrected chi connectivity index (χ2v) is 5.27. The zero-order chi connectivity index (χ0) is 16.0. The van der Waals surface area contributed by atoms with E-state index in [4.69, 9.17) is 5.73 Å². The molecule has 0 aromatic carbocycles. The molecule has 2 heterocycles.